The molecule has 19 heavy (non-hydrogen) atoms. The molecule has 1 amide bonds. The first-order valence-corrected chi connectivity index (χ1v) is 7.11. The Morgan fingerprint density at radius 1 is 1.26 bits per heavy atom. The fourth-order valence-corrected chi connectivity index (χ4v) is 3.00. The number of piperidine rings is 1. The highest BCUT2D eigenvalue weighted by molar-refractivity contribution is 5.94. The van der Waals surface area contributed by atoms with Crippen molar-refractivity contribution < 1.29 is 4.79 Å². The summed E-state index contributed by atoms with van der Waals surface area (Å²) in [6.45, 7) is 9.31. The number of amides is 1. The number of carbonyl (C=O) groups is 1. The minimum Gasteiger partial charge on any atom is -0.325 e. The van der Waals surface area contributed by atoms with E-state index in [-0.39, 0.29) is 17.9 Å². The average Bonchev–Trinajstić information content (AvgIpc) is 2.34. The van der Waals surface area contributed by atoms with Crippen molar-refractivity contribution in [2.75, 3.05) is 11.9 Å². The molecule has 1 saturated heterocycles. The van der Waals surface area contributed by atoms with Crippen LogP contribution in [-0.2, 0) is 4.79 Å². The Balaban J connectivity index is 2.14. The Labute approximate surface area is 115 Å². The zero-order chi connectivity index (χ0) is 14.0. The van der Waals surface area contributed by atoms with Crippen LogP contribution in [0.4, 0.5) is 5.69 Å². The third-order valence-corrected chi connectivity index (χ3v) is 4.02. The topological polar surface area (TPSA) is 41.1 Å². The molecule has 2 rings (SSSR count). The van der Waals surface area contributed by atoms with Crippen LogP contribution >= 0.6 is 0 Å². The molecular formula is C16H24N2O. The second-order valence-electron chi connectivity index (χ2n) is 5.75. The summed E-state index contributed by atoms with van der Waals surface area (Å²) in [5.74, 6) is 0.226. The van der Waals surface area contributed by atoms with E-state index in [2.05, 4.69) is 50.5 Å². The summed E-state index contributed by atoms with van der Waals surface area (Å²) in [4.78, 5) is 12.4. The molecule has 1 aromatic carbocycles. The van der Waals surface area contributed by atoms with E-state index in [1.165, 1.54) is 5.56 Å². The highest BCUT2D eigenvalue weighted by Gasteiger charge is 2.27. The first-order chi connectivity index (χ1) is 8.99. The number of carbonyl (C=O) groups excluding carboxylic acids is 1. The lowest BCUT2D eigenvalue weighted by molar-refractivity contribution is -0.121. The van der Waals surface area contributed by atoms with Gasteiger partial charge in [0.2, 0.25) is 5.91 Å². The number of benzene rings is 1. The van der Waals surface area contributed by atoms with Gasteiger partial charge >= 0.3 is 0 Å². The molecule has 1 aromatic rings. The fourth-order valence-electron chi connectivity index (χ4n) is 3.00. The summed E-state index contributed by atoms with van der Waals surface area (Å²) in [6, 6.07) is 4.50. The highest BCUT2D eigenvalue weighted by Crippen LogP contribution is 2.24. The molecule has 0 spiro atoms. The van der Waals surface area contributed by atoms with E-state index in [1.54, 1.807) is 0 Å². The van der Waals surface area contributed by atoms with Gasteiger partial charge in [0, 0.05) is 11.7 Å². The lowest BCUT2D eigenvalue weighted by Crippen LogP contribution is -2.44. The molecule has 0 aliphatic carbocycles. The van der Waals surface area contributed by atoms with Crippen LogP contribution in [0.1, 0.15) is 36.5 Å². The molecule has 3 nitrogen and oxygen atoms in total. The van der Waals surface area contributed by atoms with Gasteiger partial charge in [-0.3, -0.25) is 4.79 Å². The van der Waals surface area contributed by atoms with Gasteiger partial charge in [-0.15, -0.1) is 0 Å². The average molecular weight is 260 g/mol. The quantitative estimate of drug-likeness (QED) is 0.858. The minimum atomic E-state index is 0.0776. The standard InChI is InChI=1S/C16H24N2O/c1-10-8-11(2)15(12(3)9-10)18-16(19)14-6-5-7-17-13(14)4/h8-9,13-14,17H,5-7H2,1-4H3,(H,18,19). The zero-order valence-electron chi connectivity index (χ0n) is 12.3. The summed E-state index contributed by atoms with van der Waals surface area (Å²) in [5.41, 5.74) is 4.50. The molecule has 2 unspecified atom stereocenters. The molecule has 0 saturated carbocycles. The fraction of sp³-hybridized carbons (Fsp3) is 0.562. The number of aryl methyl sites for hydroxylation is 3. The Hall–Kier alpha value is -1.35. The van der Waals surface area contributed by atoms with Crippen LogP contribution in [0.5, 0.6) is 0 Å². The Kier molecular flexibility index (Phi) is 4.25. The molecule has 1 heterocycles. The molecule has 0 aromatic heterocycles. The van der Waals surface area contributed by atoms with Crippen molar-refractivity contribution in [3.8, 4) is 0 Å². The lowest BCUT2D eigenvalue weighted by Gasteiger charge is -2.29. The number of rotatable bonds is 2. The van der Waals surface area contributed by atoms with Gasteiger partial charge in [-0.2, -0.15) is 0 Å². The summed E-state index contributed by atoms with van der Waals surface area (Å²) in [6.07, 6.45) is 2.05. The van der Waals surface area contributed by atoms with Crippen LogP contribution in [0, 0.1) is 26.7 Å². The third kappa shape index (κ3) is 3.16. The van der Waals surface area contributed by atoms with Crippen molar-refractivity contribution in [1.82, 2.24) is 5.32 Å². The van der Waals surface area contributed by atoms with Crippen LogP contribution < -0.4 is 10.6 Å². The number of nitrogens with one attached hydrogen (secondary N) is 2. The van der Waals surface area contributed by atoms with Crippen molar-refractivity contribution in [3.63, 3.8) is 0 Å². The van der Waals surface area contributed by atoms with Crippen LogP contribution in [0.3, 0.4) is 0 Å². The predicted molar refractivity (Wildman–Crippen MR) is 79.5 cm³/mol. The van der Waals surface area contributed by atoms with E-state index in [4.69, 9.17) is 0 Å². The van der Waals surface area contributed by atoms with Crippen LogP contribution in [0.2, 0.25) is 0 Å². The van der Waals surface area contributed by atoms with Crippen molar-refractivity contribution >= 4 is 11.6 Å². The van der Waals surface area contributed by atoms with Crippen molar-refractivity contribution in [2.24, 2.45) is 5.92 Å². The van der Waals surface area contributed by atoms with E-state index in [1.807, 2.05) is 0 Å². The molecule has 1 aliphatic rings. The van der Waals surface area contributed by atoms with E-state index in [9.17, 15) is 4.79 Å². The molecule has 1 aliphatic heterocycles. The van der Waals surface area contributed by atoms with E-state index >= 15 is 0 Å². The first kappa shape index (κ1) is 14.1. The molecule has 2 N–H and O–H groups in total. The summed E-state index contributed by atoms with van der Waals surface area (Å²) >= 11 is 0. The summed E-state index contributed by atoms with van der Waals surface area (Å²) in [5, 5.41) is 6.50. The van der Waals surface area contributed by atoms with Crippen molar-refractivity contribution in [2.45, 2.75) is 46.6 Å². The smallest absolute Gasteiger partial charge is 0.229 e. The maximum absolute atomic E-state index is 12.4. The molecular weight excluding hydrogens is 236 g/mol. The summed E-state index contributed by atoms with van der Waals surface area (Å²) < 4.78 is 0. The van der Waals surface area contributed by atoms with Gasteiger partial charge in [-0.05, 0) is 58.2 Å². The van der Waals surface area contributed by atoms with E-state index < -0.39 is 0 Å². The molecule has 0 radical (unpaired) electrons. The SMILES string of the molecule is Cc1cc(C)c(NC(=O)C2CCCNC2C)c(C)c1. The normalized spacial score (nSPS) is 23.2. The Bertz CT molecular complexity index is 459. The summed E-state index contributed by atoms with van der Waals surface area (Å²) in [7, 11) is 0. The molecule has 0 bridgehead atoms. The van der Waals surface area contributed by atoms with Crippen molar-refractivity contribution in [1.29, 1.82) is 0 Å². The van der Waals surface area contributed by atoms with Gasteiger partial charge < -0.3 is 10.6 Å². The van der Waals surface area contributed by atoms with Crippen LogP contribution in [0.15, 0.2) is 12.1 Å². The maximum atomic E-state index is 12.4. The second kappa shape index (κ2) is 5.74. The van der Waals surface area contributed by atoms with Gasteiger partial charge in [0.25, 0.3) is 0 Å². The third-order valence-electron chi connectivity index (χ3n) is 4.02. The van der Waals surface area contributed by atoms with Gasteiger partial charge in [0.1, 0.15) is 0 Å². The van der Waals surface area contributed by atoms with Gasteiger partial charge in [0.05, 0.1) is 5.92 Å². The van der Waals surface area contributed by atoms with Gasteiger partial charge in [-0.1, -0.05) is 17.7 Å². The van der Waals surface area contributed by atoms with Crippen molar-refractivity contribution in [3.05, 3.63) is 28.8 Å². The minimum absolute atomic E-state index is 0.0776. The maximum Gasteiger partial charge on any atom is 0.229 e. The molecule has 2 atom stereocenters. The zero-order valence-corrected chi connectivity index (χ0v) is 12.3. The number of hydrogen-bond acceptors (Lipinski definition) is 2. The predicted octanol–water partition coefficient (Wildman–Crippen LogP) is 2.94. The van der Waals surface area contributed by atoms with Gasteiger partial charge in [-0.25, -0.2) is 0 Å². The van der Waals surface area contributed by atoms with Gasteiger partial charge in [0.15, 0.2) is 0 Å². The monoisotopic (exact) mass is 260 g/mol. The van der Waals surface area contributed by atoms with E-state index in [0.717, 1.165) is 36.2 Å². The number of anilines is 1. The van der Waals surface area contributed by atoms with Crippen LogP contribution in [-0.4, -0.2) is 18.5 Å². The molecule has 1 fully saturated rings. The largest absolute Gasteiger partial charge is 0.325 e. The highest BCUT2D eigenvalue weighted by atomic mass is 16.1. The first-order valence-electron chi connectivity index (χ1n) is 7.11. The molecule has 104 valence electrons. The number of hydrogen-bond donors (Lipinski definition) is 2. The second-order valence-corrected chi connectivity index (χ2v) is 5.75. The lowest BCUT2D eigenvalue weighted by atomic mass is 9.91. The Morgan fingerprint density at radius 3 is 2.47 bits per heavy atom. The van der Waals surface area contributed by atoms with Crippen LogP contribution in [0.25, 0.3) is 0 Å². The van der Waals surface area contributed by atoms with E-state index in [0.29, 0.717) is 0 Å². The Morgan fingerprint density at radius 2 is 1.89 bits per heavy atom. The molecule has 3 heteroatoms.